The van der Waals surface area contributed by atoms with Gasteiger partial charge in [-0.3, -0.25) is 9.59 Å². The fourth-order valence-corrected chi connectivity index (χ4v) is 3.85. The summed E-state index contributed by atoms with van der Waals surface area (Å²) >= 11 is 5.99. The van der Waals surface area contributed by atoms with Gasteiger partial charge in [0.1, 0.15) is 5.82 Å². The number of carbonyl (C=O) groups is 2. The lowest BCUT2D eigenvalue weighted by molar-refractivity contribution is -0.154. The Bertz CT molecular complexity index is 649. The third-order valence-corrected chi connectivity index (χ3v) is 5.42. The van der Waals surface area contributed by atoms with E-state index in [-0.39, 0.29) is 35.4 Å². The second-order valence-corrected chi connectivity index (χ2v) is 6.92. The van der Waals surface area contributed by atoms with Crippen molar-refractivity contribution in [1.82, 2.24) is 10.2 Å². The zero-order valence-electron chi connectivity index (χ0n) is 13.2. The van der Waals surface area contributed by atoms with Crippen LogP contribution in [0, 0.1) is 11.2 Å². The van der Waals surface area contributed by atoms with Gasteiger partial charge in [0.05, 0.1) is 17.9 Å². The zero-order valence-corrected chi connectivity index (χ0v) is 14.0. The smallest absolute Gasteiger partial charge is 0.230 e. The number of benzene rings is 1. The highest BCUT2D eigenvalue weighted by molar-refractivity contribution is 6.31. The van der Waals surface area contributed by atoms with E-state index >= 15 is 0 Å². The van der Waals surface area contributed by atoms with Crippen molar-refractivity contribution in [2.75, 3.05) is 19.6 Å². The van der Waals surface area contributed by atoms with Crippen molar-refractivity contribution in [2.24, 2.45) is 5.41 Å². The molecule has 1 spiro atoms. The van der Waals surface area contributed by atoms with Gasteiger partial charge < -0.3 is 15.3 Å². The molecule has 2 saturated heterocycles. The Kier molecular flexibility index (Phi) is 4.78. The first-order valence-electron chi connectivity index (χ1n) is 8.11. The van der Waals surface area contributed by atoms with Crippen molar-refractivity contribution < 1.29 is 19.1 Å². The highest BCUT2D eigenvalue weighted by Gasteiger charge is 2.50. The van der Waals surface area contributed by atoms with Gasteiger partial charge >= 0.3 is 0 Å². The van der Waals surface area contributed by atoms with Gasteiger partial charge in [-0.15, -0.1) is 0 Å². The van der Waals surface area contributed by atoms with E-state index in [9.17, 15) is 19.1 Å². The summed E-state index contributed by atoms with van der Waals surface area (Å²) < 4.78 is 13.9. The van der Waals surface area contributed by atoms with E-state index in [4.69, 9.17) is 11.6 Å². The SMILES string of the molecule is O=C(Cc1c(F)cccc1Cl)N1CC[C@@H](O)[C@@]2(CCCNC2=O)C1. The Balaban J connectivity index is 1.77. The molecule has 2 fully saturated rings. The maximum absolute atomic E-state index is 13.9. The van der Waals surface area contributed by atoms with Crippen molar-refractivity contribution in [1.29, 1.82) is 0 Å². The van der Waals surface area contributed by atoms with Crippen LogP contribution in [-0.4, -0.2) is 47.6 Å². The standard InChI is InChI=1S/C17H20ClFN2O3/c18-12-3-1-4-13(19)11(12)9-15(23)21-8-5-14(22)17(10-21)6-2-7-20-16(17)24/h1,3-4,14,22H,2,5-10H2,(H,20,24)/t14-,17-/m1/s1. The van der Waals surface area contributed by atoms with E-state index in [0.717, 1.165) is 6.42 Å². The van der Waals surface area contributed by atoms with Gasteiger partial charge in [-0.05, 0) is 31.4 Å². The van der Waals surface area contributed by atoms with Crippen LogP contribution in [0.4, 0.5) is 4.39 Å². The summed E-state index contributed by atoms with van der Waals surface area (Å²) in [6.45, 7) is 1.10. The molecule has 2 N–H and O–H groups in total. The van der Waals surface area contributed by atoms with Gasteiger partial charge in [0, 0.05) is 30.2 Å². The molecule has 0 aromatic heterocycles. The Morgan fingerprint density at radius 2 is 2.29 bits per heavy atom. The van der Waals surface area contributed by atoms with Gasteiger partial charge in [-0.25, -0.2) is 4.39 Å². The topological polar surface area (TPSA) is 69.6 Å². The van der Waals surface area contributed by atoms with Crippen molar-refractivity contribution in [3.63, 3.8) is 0 Å². The lowest BCUT2D eigenvalue weighted by Gasteiger charge is -2.46. The molecule has 2 heterocycles. The van der Waals surface area contributed by atoms with Crippen molar-refractivity contribution in [3.05, 3.63) is 34.6 Å². The summed E-state index contributed by atoms with van der Waals surface area (Å²) in [4.78, 5) is 26.5. The molecule has 2 amide bonds. The Morgan fingerprint density at radius 1 is 1.50 bits per heavy atom. The maximum atomic E-state index is 13.9. The number of amides is 2. The van der Waals surface area contributed by atoms with E-state index in [1.807, 2.05) is 0 Å². The number of halogens is 2. The van der Waals surface area contributed by atoms with Crippen LogP contribution in [0.25, 0.3) is 0 Å². The van der Waals surface area contributed by atoms with Crippen molar-refractivity contribution in [3.8, 4) is 0 Å². The molecule has 2 aliphatic rings. The molecule has 0 saturated carbocycles. The molecule has 5 nitrogen and oxygen atoms in total. The predicted molar refractivity (Wildman–Crippen MR) is 87.0 cm³/mol. The molecule has 0 radical (unpaired) electrons. The number of nitrogens with zero attached hydrogens (tertiary/aromatic N) is 1. The molecule has 2 atom stereocenters. The summed E-state index contributed by atoms with van der Waals surface area (Å²) in [5, 5.41) is 13.3. The second kappa shape index (κ2) is 6.69. The molecule has 2 aliphatic heterocycles. The quantitative estimate of drug-likeness (QED) is 0.846. The van der Waals surface area contributed by atoms with Crippen LogP contribution in [0.3, 0.4) is 0 Å². The molecular formula is C17H20ClFN2O3. The van der Waals surface area contributed by atoms with Crippen LogP contribution in [0.15, 0.2) is 18.2 Å². The van der Waals surface area contributed by atoms with Crippen LogP contribution < -0.4 is 5.32 Å². The van der Waals surface area contributed by atoms with Crippen LogP contribution in [0.1, 0.15) is 24.8 Å². The van der Waals surface area contributed by atoms with Crippen LogP contribution >= 0.6 is 11.6 Å². The fraction of sp³-hybridized carbons (Fsp3) is 0.529. The second-order valence-electron chi connectivity index (χ2n) is 6.51. The minimum absolute atomic E-state index is 0.153. The molecule has 0 bridgehead atoms. The van der Waals surface area contributed by atoms with Gasteiger partial charge in [-0.2, -0.15) is 0 Å². The summed E-state index contributed by atoms with van der Waals surface area (Å²) in [7, 11) is 0. The maximum Gasteiger partial charge on any atom is 0.230 e. The lowest BCUT2D eigenvalue weighted by Crippen LogP contribution is -2.62. The minimum atomic E-state index is -0.953. The van der Waals surface area contributed by atoms with E-state index in [0.29, 0.717) is 25.9 Å². The number of aliphatic hydroxyl groups excluding tert-OH is 1. The van der Waals surface area contributed by atoms with Gasteiger partial charge in [-0.1, -0.05) is 17.7 Å². The van der Waals surface area contributed by atoms with Crippen molar-refractivity contribution >= 4 is 23.4 Å². The Hall–Kier alpha value is -1.66. The summed E-state index contributed by atoms with van der Waals surface area (Å²) in [5.41, 5.74) is -0.789. The van der Waals surface area contributed by atoms with Crippen molar-refractivity contribution in [2.45, 2.75) is 31.8 Å². The average Bonchev–Trinajstić information content (AvgIpc) is 2.56. The summed E-state index contributed by atoms with van der Waals surface area (Å²) in [5.74, 6) is -1.01. The number of hydrogen-bond acceptors (Lipinski definition) is 3. The Morgan fingerprint density at radius 3 is 3.00 bits per heavy atom. The largest absolute Gasteiger partial charge is 0.392 e. The van der Waals surface area contributed by atoms with E-state index in [1.165, 1.54) is 12.1 Å². The van der Waals surface area contributed by atoms with Gasteiger partial charge in [0.2, 0.25) is 11.8 Å². The first-order valence-corrected chi connectivity index (χ1v) is 8.49. The monoisotopic (exact) mass is 354 g/mol. The third-order valence-electron chi connectivity index (χ3n) is 5.06. The molecule has 0 aliphatic carbocycles. The Labute approximate surface area is 144 Å². The predicted octanol–water partition coefficient (Wildman–Crippen LogP) is 1.51. The lowest BCUT2D eigenvalue weighted by atomic mass is 9.71. The molecular weight excluding hydrogens is 335 g/mol. The molecule has 1 aromatic carbocycles. The minimum Gasteiger partial charge on any atom is -0.392 e. The molecule has 0 unspecified atom stereocenters. The number of rotatable bonds is 2. The van der Waals surface area contributed by atoms with E-state index in [1.54, 1.807) is 11.0 Å². The first kappa shape index (κ1) is 17.2. The highest BCUT2D eigenvalue weighted by Crippen LogP contribution is 2.37. The van der Waals surface area contributed by atoms with E-state index in [2.05, 4.69) is 5.32 Å². The van der Waals surface area contributed by atoms with Crippen LogP contribution in [0.2, 0.25) is 5.02 Å². The molecule has 7 heteroatoms. The molecule has 3 rings (SSSR count). The van der Waals surface area contributed by atoms with E-state index < -0.39 is 17.3 Å². The fourth-order valence-electron chi connectivity index (χ4n) is 3.62. The first-order chi connectivity index (χ1) is 11.4. The zero-order chi connectivity index (χ0) is 17.3. The molecule has 130 valence electrons. The number of carbonyl (C=O) groups excluding carboxylic acids is 2. The van der Waals surface area contributed by atoms with Gasteiger partial charge in [0.15, 0.2) is 0 Å². The van der Waals surface area contributed by atoms with Crippen LogP contribution in [0.5, 0.6) is 0 Å². The average molecular weight is 355 g/mol. The number of likely N-dealkylation sites (tertiary alicyclic amines) is 1. The number of piperidine rings is 2. The number of hydrogen-bond donors (Lipinski definition) is 2. The number of nitrogens with one attached hydrogen (secondary N) is 1. The number of aliphatic hydroxyl groups is 1. The summed E-state index contributed by atoms with van der Waals surface area (Å²) in [6.07, 6.45) is 0.733. The molecule has 24 heavy (non-hydrogen) atoms. The third kappa shape index (κ3) is 3.00. The highest BCUT2D eigenvalue weighted by atomic mass is 35.5. The summed E-state index contributed by atoms with van der Waals surface area (Å²) in [6, 6.07) is 4.30. The normalized spacial score (nSPS) is 27.2. The van der Waals surface area contributed by atoms with Crippen LogP contribution in [-0.2, 0) is 16.0 Å². The van der Waals surface area contributed by atoms with Gasteiger partial charge in [0.25, 0.3) is 0 Å². The molecule has 1 aromatic rings.